The molecule has 1 atom stereocenters. The van der Waals surface area contributed by atoms with Crippen LogP contribution in [0.25, 0.3) is 0 Å². The molecule has 0 aromatic carbocycles. The summed E-state index contributed by atoms with van der Waals surface area (Å²) in [6.07, 6.45) is 3.04. The Hall–Kier alpha value is -0.0600. The van der Waals surface area contributed by atoms with E-state index in [0.717, 1.165) is 25.4 Å². The normalized spacial score (nSPS) is 13.3. The van der Waals surface area contributed by atoms with E-state index in [1.807, 2.05) is 14.0 Å². The van der Waals surface area contributed by atoms with Crippen molar-refractivity contribution in [2.75, 3.05) is 46.0 Å². The Morgan fingerprint density at radius 3 is 2.17 bits per heavy atom. The van der Waals surface area contributed by atoms with Gasteiger partial charge in [0.2, 0.25) is 0 Å². The van der Waals surface area contributed by atoms with Gasteiger partial charge in [0, 0.05) is 18.7 Å². The summed E-state index contributed by atoms with van der Waals surface area (Å²) in [4.78, 5) is 15.8. The van der Waals surface area contributed by atoms with Crippen molar-refractivity contribution in [1.29, 1.82) is 0 Å². The number of carbonyl (C=O) groups excluding carboxylic acids is 1. The van der Waals surface area contributed by atoms with E-state index in [9.17, 15) is 4.79 Å². The number of ketones is 1. The molecule has 0 spiro atoms. The van der Waals surface area contributed by atoms with Crippen LogP contribution in [0.2, 0.25) is 0 Å². The average molecular weight is 274 g/mol. The minimum atomic E-state index is 0.332. The first-order valence-corrected chi connectivity index (χ1v) is 7.62. The molecular weight excluding hydrogens is 244 g/mol. The molecule has 0 aliphatic rings. The highest BCUT2D eigenvalue weighted by Gasteiger charge is 2.08. The van der Waals surface area contributed by atoms with Crippen molar-refractivity contribution in [3.8, 4) is 0 Å². The summed E-state index contributed by atoms with van der Waals surface area (Å²) in [7, 11) is 4.18. The lowest BCUT2D eigenvalue weighted by atomic mass is 10.0. The molecule has 0 N–H and O–H groups in total. The van der Waals surface area contributed by atoms with Crippen LogP contribution in [0.5, 0.6) is 0 Å². The molecule has 0 aromatic heterocycles. The number of thiol groups is 1. The second-order valence-electron chi connectivity index (χ2n) is 5.34. The second-order valence-corrected chi connectivity index (χ2v) is 5.79. The molecule has 0 amide bonds. The van der Waals surface area contributed by atoms with Crippen molar-refractivity contribution in [1.82, 2.24) is 9.80 Å². The van der Waals surface area contributed by atoms with Gasteiger partial charge in [-0.1, -0.05) is 13.8 Å². The van der Waals surface area contributed by atoms with Crippen LogP contribution in [-0.4, -0.2) is 61.6 Å². The van der Waals surface area contributed by atoms with E-state index in [1.54, 1.807) is 0 Å². The van der Waals surface area contributed by atoms with Gasteiger partial charge in [0.1, 0.15) is 5.78 Å². The monoisotopic (exact) mass is 274 g/mol. The van der Waals surface area contributed by atoms with E-state index in [0.29, 0.717) is 24.7 Å². The molecule has 18 heavy (non-hydrogen) atoms. The SMILES string of the molecule is CCC(=O)CN(C)CCC(C)CCN(C)CCS. The topological polar surface area (TPSA) is 23.6 Å². The van der Waals surface area contributed by atoms with Crippen LogP contribution in [0, 0.1) is 5.92 Å². The lowest BCUT2D eigenvalue weighted by molar-refractivity contribution is -0.119. The van der Waals surface area contributed by atoms with Crippen LogP contribution >= 0.6 is 12.6 Å². The Morgan fingerprint density at radius 2 is 1.67 bits per heavy atom. The summed E-state index contributed by atoms with van der Waals surface area (Å²) < 4.78 is 0. The Balaban J connectivity index is 3.63. The molecule has 108 valence electrons. The van der Waals surface area contributed by atoms with Gasteiger partial charge in [0.05, 0.1) is 6.54 Å². The Kier molecular flexibility index (Phi) is 10.8. The number of hydrogen-bond donors (Lipinski definition) is 1. The Bertz CT molecular complexity index is 224. The molecule has 0 aliphatic carbocycles. The first-order valence-electron chi connectivity index (χ1n) is 6.99. The van der Waals surface area contributed by atoms with E-state index in [2.05, 4.69) is 36.4 Å². The summed E-state index contributed by atoms with van der Waals surface area (Å²) in [6, 6.07) is 0. The van der Waals surface area contributed by atoms with Crippen LogP contribution < -0.4 is 0 Å². The van der Waals surface area contributed by atoms with E-state index in [4.69, 9.17) is 0 Å². The lowest BCUT2D eigenvalue weighted by Crippen LogP contribution is -2.28. The van der Waals surface area contributed by atoms with Crippen LogP contribution in [0.1, 0.15) is 33.1 Å². The third-order valence-electron chi connectivity index (χ3n) is 3.33. The van der Waals surface area contributed by atoms with E-state index in [1.165, 1.54) is 12.8 Å². The van der Waals surface area contributed by atoms with Crippen LogP contribution in [0.4, 0.5) is 0 Å². The summed E-state index contributed by atoms with van der Waals surface area (Å²) >= 11 is 4.23. The van der Waals surface area contributed by atoms with Crippen LogP contribution in [0.15, 0.2) is 0 Å². The average Bonchev–Trinajstić information content (AvgIpc) is 2.34. The van der Waals surface area contributed by atoms with Crippen molar-refractivity contribution in [2.24, 2.45) is 5.92 Å². The number of rotatable bonds is 11. The van der Waals surface area contributed by atoms with Gasteiger partial charge in [-0.15, -0.1) is 0 Å². The van der Waals surface area contributed by atoms with Gasteiger partial charge in [0.25, 0.3) is 0 Å². The Labute approximate surface area is 118 Å². The molecule has 0 saturated heterocycles. The van der Waals surface area contributed by atoms with E-state index in [-0.39, 0.29) is 0 Å². The molecule has 0 heterocycles. The maximum Gasteiger partial charge on any atom is 0.146 e. The third-order valence-corrected chi connectivity index (χ3v) is 3.53. The summed E-state index contributed by atoms with van der Waals surface area (Å²) in [6.45, 7) is 8.03. The zero-order valence-electron chi connectivity index (χ0n) is 12.5. The van der Waals surface area contributed by atoms with E-state index < -0.39 is 0 Å². The predicted octanol–water partition coefficient (Wildman–Crippen LogP) is 2.18. The van der Waals surface area contributed by atoms with Gasteiger partial charge < -0.3 is 4.90 Å². The highest BCUT2D eigenvalue weighted by Crippen LogP contribution is 2.09. The first kappa shape index (κ1) is 17.9. The largest absolute Gasteiger partial charge is 0.306 e. The molecule has 0 fully saturated rings. The predicted molar refractivity (Wildman–Crippen MR) is 82.5 cm³/mol. The van der Waals surface area contributed by atoms with Crippen molar-refractivity contribution in [2.45, 2.75) is 33.1 Å². The van der Waals surface area contributed by atoms with Crippen LogP contribution in [-0.2, 0) is 4.79 Å². The highest BCUT2D eigenvalue weighted by molar-refractivity contribution is 7.80. The lowest BCUT2D eigenvalue weighted by Gasteiger charge is -2.21. The van der Waals surface area contributed by atoms with Gasteiger partial charge in [-0.05, 0) is 45.9 Å². The van der Waals surface area contributed by atoms with Crippen molar-refractivity contribution >= 4 is 18.4 Å². The molecule has 0 radical (unpaired) electrons. The number of carbonyl (C=O) groups is 1. The van der Waals surface area contributed by atoms with Gasteiger partial charge in [0.15, 0.2) is 0 Å². The smallest absolute Gasteiger partial charge is 0.146 e. The molecule has 0 rings (SSSR count). The molecule has 0 aromatic rings. The molecule has 0 aliphatic heterocycles. The van der Waals surface area contributed by atoms with Gasteiger partial charge in [-0.25, -0.2) is 0 Å². The molecule has 3 nitrogen and oxygen atoms in total. The summed E-state index contributed by atoms with van der Waals surface area (Å²) in [5.41, 5.74) is 0. The fraction of sp³-hybridized carbons (Fsp3) is 0.929. The molecule has 1 unspecified atom stereocenters. The standard InChI is InChI=1S/C14H30N2OS/c1-5-14(17)12-16(4)9-7-13(2)6-8-15(3)10-11-18/h13,18H,5-12H2,1-4H3. The fourth-order valence-electron chi connectivity index (χ4n) is 1.80. The van der Waals surface area contributed by atoms with Crippen LogP contribution in [0.3, 0.4) is 0 Å². The van der Waals surface area contributed by atoms with Gasteiger partial charge in [-0.3, -0.25) is 9.69 Å². The zero-order chi connectivity index (χ0) is 14.0. The zero-order valence-corrected chi connectivity index (χ0v) is 13.4. The van der Waals surface area contributed by atoms with Crippen molar-refractivity contribution in [3.63, 3.8) is 0 Å². The maximum atomic E-state index is 11.3. The molecular formula is C14H30N2OS. The minimum absolute atomic E-state index is 0.332. The molecule has 0 saturated carbocycles. The maximum absolute atomic E-state index is 11.3. The minimum Gasteiger partial charge on any atom is -0.306 e. The van der Waals surface area contributed by atoms with Crippen molar-refractivity contribution in [3.05, 3.63) is 0 Å². The Morgan fingerprint density at radius 1 is 1.11 bits per heavy atom. The number of nitrogens with zero attached hydrogens (tertiary/aromatic N) is 2. The molecule has 4 heteroatoms. The third kappa shape index (κ3) is 9.92. The number of Topliss-reactive ketones (excluding diaryl/α,β-unsaturated/α-hetero) is 1. The fourth-order valence-corrected chi connectivity index (χ4v) is 2.14. The summed E-state index contributed by atoms with van der Waals surface area (Å²) in [5, 5.41) is 0. The quantitative estimate of drug-likeness (QED) is 0.584. The van der Waals surface area contributed by atoms with Crippen molar-refractivity contribution < 1.29 is 4.79 Å². The first-order chi connectivity index (χ1) is 8.49. The highest BCUT2D eigenvalue weighted by atomic mass is 32.1. The van der Waals surface area contributed by atoms with Gasteiger partial charge >= 0.3 is 0 Å². The number of hydrogen-bond acceptors (Lipinski definition) is 4. The second kappa shape index (κ2) is 10.8. The number of likely N-dealkylation sites (N-methyl/N-ethyl adjacent to an activating group) is 1. The van der Waals surface area contributed by atoms with E-state index >= 15 is 0 Å². The van der Waals surface area contributed by atoms with Gasteiger partial charge in [-0.2, -0.15) is 12.6 Å². The summed E-state index contributed by atoms with van der Waals surface area (Å²) in [5.74, 6) is 1.97. The molecule has 0 bridgehead atoms.